The molecule has 0 aliphatic heterocycles. The Kier molecular flexibility index (Phi) is 2.94. The van der Waals surface area contributed by atoms with E-state index in [9.17, 15) is 4.79 Å². The zero-order chi connectivity index (χ0) is 10.8. The molecule has 14 heavy (non-hydrogen) atoms. The Balaban J connectivity index is 3.02. The van der Waals surface area contributed by atoms with E-state index >= 15 is 0 Å². The van der Waals surface area contributed by atoms with Crippen LogP contribution in [-0.4, -0.2) is 11.1 Å². The number of hydrogen-bond donors (Lipinski definition) is 1. The lowest BCUT2D eigenvalue weighted by Gasteiger charge is -2.19. The van der Waals surface area contributed by atoms with Crippen molar-refractivity contribution in [2.24, 2.45) is 5.41 Å². The molecule has 0 bridgehead atoms. The van der Waals surface area contributed by atoms with Gasteiger partial charge in [0, 0.05) is 0 Å². The Morgan fingerprint density at radius 3 is 2.36 bits per heavy atom. The third-order valence-electron chi connectivity index (χ3n) is 1.97. The molecule has 0 aliphatic rings. The Morgan fingerprint density at radius 1 is 1.29 bits per heavy atom. The molecule has 0 unspecified atom stereocenters. The minimum Gasteiger partial charge on any atom is -0.478 e. The van der Waals surface area contributed by atoms with E-state index in [-0.39, 0.29) is 5.41 Å². The van der Waals surface area contributed by atoms with Crippen LogP contribution in [0.25, 0.3) is 0 Å². The van der Waals surface area contributed by atoms with Gasteiger partial charge in [0.05, 0.1) is 5.56 Å². The van der Waals surface area contributed by atoms with Gasteiger partial charge in [0.1, 0.15) is 0 Å². The van der Waals surface area contributed by atoms with Crippen LogP contribution in [0.2, 0.25) is 0 Å². The molecule has 1 aromatic carbocycles. The van der Waals surface area contributed by atoms with Crippen molar-refractivity contribution in [2.45, 2.75) is 27.2 Å². The van der Waals surface area contributed by atoms with E-state index in [4.69, 9.17) is 5.11 Å². The van der Waals surface area contributed by atoms with Gasteiger partial charge in [-0.25, -0.2) is 4.79 Å². The molecule has 0 radical (unpaired) electrons. The van der Waals surface area contributed by atoms with Gasteiger partial charge in [-0.2, -0.15) is 0 Å². The van der Waals surface area contributed by atoms with E-state index in [1.54, 1.807) is 12.1 Å². The first-order valence-electron chi connectivity index (χ1n) is 4.71. The monoisotopic (exact) mass is 192 g/mol. The summed E-state index contributed by atoms with van der Waals surface area (Å²) < 4.78 is 0. The van der Waals surface area contributed by atoms with Gasteiger partial charge in [-0.3, -0.25) is 0 Å². The van der Waals surface area contributed by atoms with E-state index in [1.807, 2.05) is 12.1 Å². The molecular formula is C12H16O2. The number of carbonyl (C=O) groups is 1. The molecular weight excluding hydrogens is 176 g/mol. The Labute approximate surface area is 84.6 Å². The maximum Gasteiger partial charge on any atom is 0.335 e. The van der Waals surface area contributed by atoms with E-state index in [2.05, 4.69) is 20.8 Å². The van der Waals surface area contributed by atoms with Crippen LogP contribution in [0.4, 0.5) is 0 Å². The maximum atomic E-state index is 10.9. The molecule has 1 aromatic rings. The second-order valence-corrected chi connectivity index (χ2v) is 4.70. The van der Waals surface area contributed by atoms with Gasteiger partial charge in [0.15, 0.2) is 0 Å². The molecule has 0 heterocycles. The first-order valence-corrected chi connectivity index (χ1v) is 4.71. The third kappa shape index (κ3) is 2.87. The smallest absolute Gasteiger partial charge is 0.335 e. The van der Waals surface area contributed by atoms with Gasteiger partial charge in [-0.05, 0) is 23.5 Å². The molecule has 0 spiro atoms. The van der Waals surface area contributed by atoms with Crippen LogP contribution in [0, 0.1) is 5.41 Å². The number of carboxylic acids is 1. The van der Waals surface area contributed by atoms with Crippen LogP contribution < -0.4 is 0 Å². The van der Waals surface area contributed by atoms with E-state index in [0.29, 0.717) is 5.56 Å². The Hall–Kier alpha value is -1.31. The average molecular weight is 192 g/mol. The quantitative estimate of drug-likeness (QED) is 0.782. The van der Waals surface area contributed by atoms with Crippen molar-refractivity contribution in [3.63, 3.8) is 0 Å². The molecule has 0 atom stereocenters. The van der Waals surface area contributed by atoms with Crippen molar-refractivity contribution < 1.29 is 9.90 Å². The van der Waals surface area contributed by atoms with Crippen LogP contribution in [0.3, 0.4) is 0 Å². The summed E-state index contributed by atoms with van der Waals surface area (Å²) in [6, 6.07) is 7.18. The zero-order valence-corrected chi connectivity index (χ0v) is 8.87. The van der Waals surface area contributed by atoms with Crippen LogP contribution in [-0.2, 0) is 6.42 Å². The van der Waals surface area contributed by atoms with E-state index in [0.717, 1.165) is 12.0 Å². The van der Waals surface area contributed by atoms with Crippen molar-refractivity contribution in [1.82, 2.24) is 0 Å². The first kappa shape index (κ1) is 10.8. The molecule has 2 heteroatoms. The largest absolute Gasteiger partial charge is 0.478 e. The Bertz CT molecular complexity index is 334. The molecule has 1 N–H and O–H groups in total. The second-order valence-electron chi connectivity index (χ2n) is 4.70. The highest BCUT2D eigenvalue weighted by atomic mass is 16.4. The fourth-order valence-electron chi connectivity index (χ4n) is 1.45. The van der Waals surface area contributed by atoms with Gasteiger partial charge in [0.2, 0.25) is 0 Å². The average Bonchev–Trinajstić information content (AvgIpc) is 2.01. The molecule has 0 saturated carbocycles. The van der Waals surface area contributed by atoms with Gasteiger partial charge >= 0.3 is 5.97 Å². The topological polar surface area (TPSA) is 37.3 Å². The van der Waals surface area contributed by atoms with Crippen molar-refractivity contribution in [2.75, 3.05) is 0 Å². The normalized spacial score (nSPS) is 11.4. The standard InChI is InChI=1S/C12H16O2/c1-12(2,3)8-9-6-4-5-7-10(9)11(13)14/h4-7H,8H2,1-3H3,(H,13,14). The van der Waals surface area contributed by atoms with Crippen molar-refractivity contribution in [3.8, 4) is 0 Å². The number of benzene rings is 1. The lowest BCUT2D eigenvalue weighted by Crippen LogP contribution is -2.12. The lowest BCUT2D eigenvalue weighted by atomic mass is 9.86. The summed E-state index contributed by atoms with van der Waals surface area (Å²) in [5.74, 6) is -0.843. The van der Waals surface area contributed by atoms with Crippen LogP contribution >= 0.6 is 0 Å². The predicted molar refractivity (Wildman–Crippen MR) is 56.6 cm³/mol. The summed E-state index contributed by atoms with van der Waals surface area (Å²) >= 11 is 0. The molecule has 1 rings (SSSR count). The summed E-state index contributed by atoms with van der Waals surface area (Å²) in [7, 11) is 0. The van der Waals surface area contributed by atoms with Gasteiger partial charge < -0.3 is 5.11 Å². The first-order chi connectivity index (χ1) is 6.40. The number of carboxylic acid groups (broad SMARTS) is 1. The summed E-state index contributed by atoms with van der Waals surface area (Å²) in [4.78, 5) is 10.9. The van der Waals surface area contributed by atoms with Crippen LogP contribution in [0.15, 0.2) is 24.3 Å². The molecule has 0 saturated heterocycles. The maximum absolute atomic E-state index is 10.9. The highest BCUT2D eigenvalue weighted by Gasteiger charge is 2.16. The van der Waals surface area contributed by atoms with Crippen molar-refractivity contribution in [3.05, 3.63) is 35.4 Å². The molecule has 2 nitrogen and oxygen atoms in total. The molecule has 0 fully saturated rings. The molecule has 76 valence electrons. The van der Waals surface area contributed by atoms with Crippen LogP contribution in [0.5, 0.6) is 0 Å². The SMILES string of the molecule is CC(C)(C)Cc1ccccc1C(=O)O. The number of rotatable bonds is 2. The minimum absolute atomic E-state index is 0.117. The van der Waals surface area contributed by atoms with E-state index in [1.165, 1.54) is 0 Å². The zero-order valence-electron chi connectivity index (χ0n) is 8.87. The molecule has 0 amide bonds. The number of hydrogen-bond acceptors (Lipinski definition) is 1. The molecule has 0 aliphatic carbocycles. The predicted octanol–water partition coefficient (Wildman–Crippen LogP) is 2.97. The minimum atomic E-state index is -0.843. The van der Waals surface area contributed by atoms with E-state index < -0.39 is 5.97 Å². The summed E-state index contributed by atoms with van der Waals surface area (Å²) in [6.07, 6.45) is 0.787. The fourth-order valence-corrected chi connectivity index (χ4v) is 1.45. The number of aromatic carboxylic acids is 1. The van der Waals surface area contributed by atoms with Gasteiger partial charge in [0.25, 0.3) is 0 Å². The lowest BCUT2D eigenvalue weighted by molar-refractivity contribution is 0.0695. The Morgan fingerprint density at radius 2 is 1.86 bits per heavy atom. The van der Waals surface area contributed by atoms with Crippen LogP contribution in [0.1, 0.15) is 36.7 Å². The van der Waals surface area contributed by atoms with Crippen molar-refractivity contribution in [1.29, 1.82) is 0 Å². The summed E-state index contributed by atoms with van der Waals surface area (Å²) in [5.41, 5.74) is 1.45. The third-order valence-corrected chi connectivity index (χ3v) is 1.97. The van der Waals surface area contributed by atoms with Gasteiger partial charge in [-0.15, -0.1) is 0 Å². The highest BCUT2D eigenvalue weighted by molar-refractivity contribution is 5.89. The molecule has 0 aromatic heterocycles. The fraction of sp³-hybridized carbons (Fsp3) is 0.417. The summed E-state index contributed by atoms with van der Waals surface area (Å²) in [5, 5.41) is 8.96. The summed E-state index contributed by atoms with van der Waals surface area (Å²) in [6.45, 7) is 6.31. The second kappa shape index (κ2) is 3.82. The highest BCUT2D eigenvalue weighted by Crippen LogP contribution is 2.22. The van der Waals surface area contributed by atoms with Gasteiger partial charge in [-0.1, -0.05) is 39.0 Å². The van der Waals surface area contributed by atoms with Crippen molar-refractivity contribution >= 4 is 5.97 Å².